The lowest BCUT2D eigenvalue weighted by atomic mass is 10.2. The highest BCUT2D eigenvalue weighted by molar-refractivity contribution is 9.10. The minimum absolute atomic E-state index is 0.0913. The molecule has 0 fully saturated rings. The molecule has 0 bridgehead atoms. The maximum atomic E-state index is 5.83. The van der Waals surface area contributed by atoms with Gasteiger partial charge in [0.05, 0.1) is 0 Å². The van der Waals surface area contributed by atoms with Crippen LogP contribution < -0.4 is 10.1 Å². The fourth-order valence-corrected chi connectivity index (χ4v) is 1.89. The van der Waals surface area contributed by atoms with Crippen molar-refractivity contribution < 1.29 is 4.74 Å². The molecule has 1 N–H and O–H groups in total. The molecule has 0 spiro atoms. The zero-order valence-corrected chi connectivity index (χ0v) is 12.8. The molecule has 100 valence electrons. The van der Waals surface area contributed by atoms with Crippen molar-refractivity contribution in [2.45, 2.75) is 13.8 Å². The highest BCUT2D eigenvalue weighted by Crippen LogP contribution is 2.27. The highest BCUT2D eigenvalue weighted by Gasteiger charge is 2.08. The van der Waals surface area contributed by atoms with Gasteiger partial charge in [0.15, 0.2) is 0 Å². The fraction of sp³-hybridized carbons (Fsp3) is 0.250. The summed E-state index contributed by atoms with van der Waals surface area (Å²) < 4.78 is 6.56. The molecule has 7 heteroatoms. The van der Waals surface area contributed by atoms with Gasteiger partial charge in [-0.3, -0.25) is 0 Å². The van der Waals surface area contributed by atoms with Gasteiger partial charge in [-0.15, -0.1) is 0 Å². The Kier molecular flexibility index (Phi) is 4.55. The molecule has 0 radical (unpaired) electrons. The van der Waals surface area contributed by atoms with Crippen LogP contribution in [0.2, 0.25) is 5.28 Å². The molecule has 0 aliphatic rings. The van der Waals surface area contributed by atoms with Crippen molar-refractivity contribution in [1.82, 2.24) is 15.0 Å². The third-order valence-corrected chi connectivity index (χ3v) is 2.94. The maximum absolute atomic E-state index is 5.83. The third kappa shape index (κ3) is 3.78. The number of ether oxygens (including phenoxy) is 1. The minimum atomic E-state index is 0.0913. The average Bonchev–Trinajstić information content (AvgIpc) is 2.33. The monoisotopic (exact) mass is 342 g/mol. The van der Waals surface area contributed by atoms with Crippen molar-refractivity contribution >= 4 is 33.5 Å². The van der Waals surface area contributed by atoms with Crippen molar-refractivity contribution in [3.05, 3.63) is 33.5 Å². The van der Waals surface area contributed by atoms with Crippen LogP contribution in [-0.2, 0) is 0 Å². The van der Waals surface area contributed by atoms with Crippen LogP contribution in [0.3, 0.4) is 0 Å². The van der Waals surface area contributed by atoms with E-state index in [9.17, 15) is 0 Å². The molecule has 1 aromatic heterocycles. The van der Waals surface area contributed by atoms with Crippen LogP contribution in [0.15, 0.2) is 22.7 Å². The Morgan fingerprint density at radius 2 is 2.11 bits per heavy atom. The first kappa shape index (κ1) is 14.0. The quantitative estimate of drug-likeness (QED) is 0.914. The molecule has 19 heavy (non-hydrogen) atoms. The van der Waals surface area contributed by atoms with Gasteiger partial charge in [-0.1, -0.05) is 22.0 Å². The van der Waals surface area contributed by atoms with Gasteiger partial charge in [-0.2, -0.15) is 15.0 Å². The molecule has 0 atom stereocenters. The van der Waals surface area contributed by atoms with E-state index in [0.717, 1.165) is 10.0 Å². The summed E-state index contributed by atoms with van der Waals surface area (Å²) >= 11 is 9.22. The van der Waals surface area contributed by atoms with Crippen molar-refractivity contribution in [2.24, 2.45) is 0 Å². The first-order valence-corrected chi connectivity index (χ1v) is 6.85. The molecule has 0 amide bonds. The predicted octanol–water partition coefficient (Wildman–Crippen LogP) is 3.82. The summed E-state index contributed by atoms with van der Waals surface area (Å²) in [5, 5.41) is 3.06. The molecule has 1 aromatic carbocycles. The van der Waals surface area contributed by atoms with E-state index in [4.69, 9.17) is 16.3 Å². The summed E-state index contributed by atoms with van der Waals surface area (Å²) in [6.07, 6.45) is 0. The Labute approximate surface area is 124 Å². The van der Waals surface area contributed by atoms with Gasteiger partial charge in [-0.25, -0.2) is 0 Å². The lowest BCUT2D eigenvalue weighted by Crippen LogP contribution is -2.05. The molecule has 0 saturated carbocycles. The molecule has 5 nitrogen and oxygen atoms in total. The summed E-state index contributed by atoms with van der Waals surface area (Å²) in [5.41, 5.74) is 0.977. The van der Waals surface area contributed by atoms with Crippen LogP contribution in [0.4, 0.5) is 5.95 Å². The lowest BCUT2D eigenvalue weighted by molar-refractivity contribution is 0.437. The zero-order valence-electron chi connectivity index (χ0n) is 10.4. The Balaban J connectivity index is 2.29. The average molecular weight is 344 g/mol. The van der Waals surface area contributed by atoms with Gasteiger partial charge < -0.3 is 10.1 Å². The van der Waals surface area contributed by atoms with Crippen LogP contribution in [-0.4, -0.2) is 21.5 Å². The highest BCUT2D eigenvalue weighted by atomic mass is 79.9. The molecule has 0 unspecified atom stereocenters. The number of aromatic nitrogens is 3. The van der Waals surface area contributed by atoms with E-state index in [1.807, 2.05) is 32.0 Å². The number of rotatable bonds is 4. The minimum Gasteiger partial charge on any atom is -0.424 e. The number of benzene rings is 1. The summed E-state index contributed by atoms with van der Waals surface area (Å²) in [7, 11) is 0. The number of aryl methyl sites for hydroxylation is 1. The normalized spacial score (nSPS) is 10.3. The summed E-state index contributed by atoms with van der Waals surface area (Å²) in [5.74, 6) is 1.06. The Morgan fingerprint density at radius 1 is 1.32 bits per heavy atom. The Morgan fingerprint density at radius 3 is 2.84 bits per heavy atom. The van der Waals surface area contributed by atoms with Gasteiger partial charge in [0, 0.05) is 11.0 Å². The third-order valence-electron chi connectivity index (χ3n) is 2.27. The van der Waals surface area contributed by atoms with Gasteiger partial charge in [0.2, 0.25) is 11.2 Å². The van der Waals surface area contributed by atoms with Gasteiger partial charge in [0.25, 0.3) is 0 Å². The number of nitrogens with zero attached hydrogens (tertiary/aromatic N) is 3. The SMILES string of the molecule is CCNc1nc(Cl)nc(Oc2cc(Br)ccc2C)n1. The second kappa shape index (κ2) is 6.16. The van der Waals surface area contributed by atoms with Crippen molar-refractivity contribution in [3.63, 3.8) is 0 Å². The first-order valence-electron chi connectivity index (χ1n) is 5.68. The number of anilines is 1. The van der Waals surface area contributed by atoms with E-state index in [1.165, 1.54) is 0 Å². The number of hydrogen-bond donors (Lipinski definition) is 1. The second-order valence-electron chi connectivity index (χ2n) is 3.75. The van der Waals surface area contributed by atoms with Crippen molar-refractivity contribution in [2.75, 3.05) is 11.9 Å². The predicted molar refractivity (Wildman–Crippen MR) is 78.0 cm³/mol. The first-order chi connectivity index (χ1) is 9.08. The topological polar surface area (TPSA) is 59.9 Å². The molecule has 0 aliphatic heterocycles. The number of nitrogens with one attached hydrogen (secondary N) is 1. The van der Waals surface area contributed by atoms with E-state index in [1.54, 1.807) is 0 Å². The molecule has 2 rings (SSSR count). The van der Waals surface area contributed by atoms with E-state index in [0.29, 0.717) is 18.2 Å². The molecule has 0 aliphatic carbocycles. The summed E-state index contributed by atoms with van der Waals surface area (Å²) in [4.78, 5) is 12.0. The lowest BCUT2D eigenvalue weighted by Gasteiger charge is -2.08. The van der Waals surface area contributed by atoms with Gasteiger partial charge in [-0.05, 0) is 43.1 Å². The molecule has 1 heterocycles. The molecular formula is C12H12BrClN4O. The maximum Gasteiger partial charge on any atom is 0.328 e. The Bertz CT molecular complexity index is 594. The smallest absolute Gasteiger partial charge is 0.328 e. The molecular weight excluding hydrogens is 332 g/mol. The van der Waals surface area contributed by atoms with E-state index < -0.39 is 0 Å². The zero-order chi connectivity index (χ0) is 13.8. The van der Waals surface area contributed by atoms with E-state index in [2.05, 4.69) is 36.2 Å². The van der Waals surface area contributed by atoms with Crippen LogP contribution in [0.25, 0.3) is 0 Å². The second-order valence-corrected chi connectivity index (χ2v) is 5.01. The van der Waals surface area contributed by atoms with E-state index >= 15 is 0 Å². The van der Waals surface area contributed by atoms with Crippen LogP contribution in [0.1, 0.15) is 12.5 Å². The largest absolute Gasteiger partial charge is 0.424 e. The van der Waals surface area contributed by atoms with Gasteiger partial charge in [0.1, 0.15) is 5.75 Å². The standard InChI is InChI=1S/C12H12BrClN4O/c1-3-15-11-16-10(14)17-12(18-11)19-9-6-8(13)5-4-7(9)2/h4-6H,3H2,1-2H3,(H,15,16,17,18). The number of halogens is 2. The summed E-state index contributed by atoms with van der Waals surface area (Å²) in [6.45, 7) is 4.57. The van der Waals surface area contributed by atoms with Crippen LogP contribution >= 0.6 is 27.5 Å². The summed E-state index contributed by atoms with van der Waals surface area (Å²) in [6, 6.07) is 5.89. The molecule has 2 aromatic rings. The van der Waals surface area contributed by atoms with Gasteiger partial charge >= 0.3 is 6.01 Å². The van der Waals surface area contributed by atoms with E-state index in [-0.39, 0.29) is 11.3 Å². The van der Waals surface area contributed by atoms with Crippen LogP contribution in [0.5, 0.6) is 11.8 Å². The van der Waals surface area contributed by atoms with Crippen LogP contribution in [0, 0.1) is 6.92 Å². The number of hydrogen-bond acceptors (Lipinski definition) is 5. The van der Waals surface area contributed by atoms with Crippen molar-refractivity contribution in [1.29, 1.82) is 0 Å². The van der Waals surface area contributed by atoms with Crippen molar-refractivity contribution in [3.8, 4) is 11.8 Å². The molecule has 0 saturated heterocycles. The Hall–Kier alpha value is -1.40. The fourth-order valence-electron chi connectivity index (χ4n) is 1.40.